The molecule has 36 heavy (non-hydrogen) atoms. The fourth-order valence-electron chi connectivity index (χ4n) is 4.09. The van der Waals surface area contributed by atoms with E-state index in [1.54, 1.807) is 23.9 Å². The maximum Gasteiger partial charge on any atom is 0.164 e. The van der Waals surface area contributed by atoms with Crippen molar-refractivity contribution < 1.29 is 5.11 Å². The lowest BCUT2D eigenvalue weighted by Crippen LogP contribution is -1.96. The van der Waals surface area contributed by atoms with Crippen LogP contribution in [0.1, 0.15) is 0 Å². The fourth-order valence-corrected chi connectivity index (χ4v) is 4.96. The molecule has 0 amide bonds. The Morgan fingerprint density at radius 1 is 0.583 bits per heavy atom. The highest BCUT2D eigenvalue weighted by Gasteiger charge is 2.13. The standard InChI is InChI=1S/C31H21N3OS/c35-29-16-7-6-15-26(29)31-33-27(21-9-2-1-3-10-21)19-28(34-31)23-13-8-14-25(17-23)36-30-18-22-11-4-5-12-24(22)20-32-30/h1-20,35H. The molecule has 6 aromatic rings. The number of pyridine rings is 1. The lowest BCUT2D eigenvalue weighted by atomic mass is 10.1. The molecule has 0 aliphatic carbocycles. The number of aromatic hydroxyl groups is 1. The van der Waals surface area contributed by atoms with Gasteiger partial charge in [0, 0.05) is 27.6 Å². The van der Waals surface area contributed by atoms with Crippen molar-refractivity contribution >= 4 is 22.5 Å². The van der Waals surface area contributed by atoms with Gasteiger partial charge in [-0.05, 0) is 41.8 Å². The molecule has 0 radical (unpaired) electrons. The van der Waals surface area contributed by atoms with Crippen LogP contribution < -0.4 is 0 Å². The van der Waals surface area contributed by atoms with Gasteiger partial charge in [-0.25, -0.2) is 15.0 Å². The minimum Gasteiger partial charge on any atom is -0.507 e. The number of phenols is 1. The minimum atomic E-state index is 0.153. The van der Waals surface area contributed by atoms with Gasteiger partial charge in [0.2, 0.25) is 0 Å². The number of hydrogen-bond acceptors (Lipinski definition) is 5. The van der Waals surface area contributed by atoms with Gasteiger partial charge in [0.25, 0.3) is 0 Å². The lowest BCUT2D eigenvalue weighted by Gasteiger charge is -2.11. The molecule has 0 unspecified atom stereocenters. The number of rotatable bonds is 5. The van der Waals surface area contributed by atoms with Crippen molar-refractivity contribution in [2.75, 3.05) is 0 Å². The van der Waals surface area contributed by atoms with E-state index in [1.165, 1.54) is 5.39 Å². The highest BCUT2D eigenvalue weighted by atomic mass is 32.2. The number of aromatic nitrogens is 3. The van der Waals surface area contributed by atoms with Gasteiger partial charge in [-0.2, -0.15) is 0 Å². The molecule has 0 fully saturated rings. The zero-order valence-electron chi connectivity index (χ0n) is 19.2. The second-order valence-electron chi connectivity index (χ2n) is 8.34. The Morgan fingerprint density at radius 2 is 1.28 bits per heavy atom. The molecule has 2 heterocycles. The number of fused-ring (bicyclic) bond motifs is 1. The summed E-state index contributed by atoms with van der Waals surface area (Å²) in [7, 11) is 0. The molecule has 172 valence electrons. The molecule has 4 aromatic carbocycles. The molecule has 0 aliphatic rings. The predicted octanol–water partition coefficient (Wildman–Crippen LogP) is 7.88. The van der Waals surface area contributed by atoms with E-state index in [9.17, 15) is 5.11 Å². The topological polar surface area (TPSA) is 58.9 Å². The van der Waals surface area contributed by atoms with Crippen LogP contribution >= 0.6 is 11.8 Å². The summed E-state index contributed by atoms with van der Waals surface area (Å²) in [5.74, 6) is 0.638. The second-order valence-corrected chi connectivity index (χ2v) is 9.44. The van der Waals surface area contributed by atoms with E-state index in [-0.39, 0.29) is 5.75 Å². The van der Waals surface area contributed by atoms with Crippen LogP contribution in [0.4, 0.5) is 0 Å². The van der Waals surface area contributed by atoms with Crippen LogP contribution in [0, 0.1) is 0 Å². The third-order valence-corrected chi connectivity index (χ3v) is 6.82. The van der Waals surface area contributed by atoms with Crippen LogP contribution in [0.3, 0.4) is 0 Å². The van der Waals surface area contributed by atoms with Crippen molar-refractivity contribution in [1.29, 1.82) is 0 Å². The lowest BCUT2D eigenvalue weighted by molar-refractivity contribution is 0.477. The molecule has 0 saturated heterocycles. The minimum absolute atomic E-state index is 0.153. The van der Waals surface area contributed by atoms with Gasteiger partial charge in [0.1, 0.15) is 10.8 Å². The van der Waals surface area contributed by atoms with Crippen molar-refractivity contribution in [3.8, 4) is 39.7 Å². The molecule has 1 N–H and O–H groups in total. The summed E-state index contributed by atoms with van der Waals surface area (Å²) in [5, 5.41) is 13.7. The Morgan fingerprint density at radius 3 is 2.11 bits per heavy atom. The molecular formula is C31H21N3OS. The van der Waals surface area contributed by atoms with E-state index < -0.39 is 0 Å². The number of hydrogen-bond donors (Lipinski definition) is 1. The third kappa shape index (κ3) is 4.57. The Bertz CT molecular complexity index is 1690. The summed E-state index contributed by atoms with van der Waals surface area (Å²) in [6, 6.07) is 37.8. The summed E-state index contributed by atoms with van der Waals surface area (Å²) < 4.78 is 0. The van der Waals surface area contributed by atoms with Gasteiger partial charge in [0.05, 0.1) is 17.0 Å². The van der Waals surface area contributed by atoms with Crippen molar-refractivity contribution in [1.82, 2.24) is 15.0 Å². The molecule has 0 bridgehead atoms. The predicted molar refractivity (Wildman–Crippen MR) is 146 cm³/mol. The molecule has 0 spiro atoms. The zero-order chi connectivity index (χ0) is 24.3. The summed E-state index contributed by atoms with van der Waals surface area (Å²) in [6.07, 6.45) is 1.91. The molecular weight excluding hydrogens is 462 g/mol. The zero-order valence-corrected chi connectivity index (χ0v) is 20.1. The summed E-state index contributed by atoms with van der Waals surface area (Å²) in [4.78, 5) is 15.3. The Labute approximate surface area is 213 Å². The highest BCUT2D eigenvalue weighted by Crippen LogP contribution is 2.34. The first-order valence-corrected chi connectivity index (χ1v) is 12.4. The van der Waals surface area contributed by atoms with Crippen molar-refractivity contribution in [2.45, 2.75) is 9.92 Å². The maximum atomic E-state index is 10.5. The maximum absolute atomic E-state index is 10.5. The Balaban J connectivity index is 1.42. The van der Waals surface area contributed by atoms with Crippen LogP contribution in [0.5, 0.6) is 5.75 Å². The fraction of sp³-hybridized carbons (Fsp3) is 0. The first-order valence-electron chi connectivity index (χ1n) is 11.6. The van der Waals surface area contributed by atoms with E-state index in [1.807, 2.05) is 79.0 Å². The quantitative estimate of drug-likeness (QED) is 0.270. The van der Waals surface area contributed by atoms with E-state index >= 15 is 0 Å². The molecule has 6 rings (SSSR count). The van der Waals surface area contributed by atoms with E-state index in [2.05, 4.69) is 35.3 Å². The monoisotopic (exact) mass is 483 g/mol. The van der Waals surface area contributed by atoms with Crippen molar-refractivity contribution in [3.05, 3.63) is 121 Å². The average Bonchev–Trinajstić information content (AvgIpc) is 2.94. The van der Waals surface area contributed by atoms with E-state index in [4.69, 9.17) is 9.97 Å². The van der Waals surface area contributed by atoms with Gasteiger partial charge in [0.15, 0.2) is 5.82 Å². The number of para-hydroxylation sites is 1. The first kappa shape index (κ1) is 22.0. The molecule has 2 aromatic heterocycles. The van der Waals surface area contributed by atoms with Gasteiger partial charge >= 0.3 is 0 Å². The van der Waals surface area contributed by atoms with Gasteiger partial charge in [-0.3, -0.25) is 0 Å². The van der Waals surface area contributed by atoms with Gasteiger partial charge in [-0.1, -0.05) is 90.6 Å². The van der Waals surface area contributed by atoms with E-state index in [0.717, 1.165) is 37.8 Å². The molecule has 0 aliphatic heterocycles. The molecule has 5 heteroatoms. The van der Waals surface area contributed by atoms with Crippen LogP contribution in [0.25, 0.3) is 44.7 Å². The molecule has 4 nitrogen and oxygen atoms in total. The van der Waals surface area contributed by atoms with Crippen LogP contribution in [0.2, 0.25) is 0 Å². The first-order chi connectivity index (χ1) is 17.7. The molecule has 0 saturated carbocycles. The largest absolute Gasteiger partial charge is 0.507 e. The Kier molecular flexibility index (Phi) is 5.90. The van der Waals surface area contributed by atoms with Gasteiger partial charge in [-0.15, -0.1) is 0 Å². The smallest absolute Gasteiger partial charge is 0.164 e. The van der Waals surface area contributed by atoms with E-state index in [0.29, 0.717) is 11.4 Å². The number of phenolic OH excluding ortho intramolecular Hbond substituents is 1. The number of nitrogens with zero attached hydrogens (tertiary/aromatic N) is 3. The second kappa shape index (κ2) is 9.64. The summed E-state index contributed by atoms with van der Waals surface area (Å²) >= 11 is 1.62. The third-order valence-electron chi connectivity index (χ3n) is 5.90. The number of benzene rings is 4. The summed E-state index contributed by atoms with van der Waals surface area (Å²) in [5.41, 5.74) is 4.15. The van der Waals surface area contributed by atoms with Crippen molar-refractivity contribution in [2.24, 2.45) is 0 Å². The Hall–Kier alpha value is -4.48. The van der Waals surface area contributed by atoms with Gasteiger partial charge < -0.3 is 5.11 Å². The highest BCUT2D eigenvalue weighted by molar-refractivity contribution is 7.99. The normalized spacial score (nSPS) is 11.0. The SMILES string of the molecule is Oc1ccccc1-c1nc(-c2ccccc2)cc(-c2cccc(Sc3cc4ccccc4cn3)c2)n1. The molecule has 0 atom stereocenters. The summed E-state index contributed by atoms with van der Waals surface area (Å²) in [6.45, 7) is 0. The van der Waals surface area contributed by atoms with Crippen LogP contribution in [0.15, 0.2) is 131 Å². The average molecular weight is 484 g/mol. The van der Waals surface area contributed by atoms with Crippen molar-refractivity contribution in [3.63, 3.8) is 0 Å². The van der Waals surface area contributed by atoms with Crippen LogP contribution in [-0.4, -0.2) is 20.1 Å². The van der Waals surface area contributed by atoms with Crippen LogP contribution in [-0.2, 0) is 0 Å².